The lowest BCUT2D eigenvalue weighted by Crippen LogP contribution is -2.58. The number of thiol groups is 1. The summed E-state index contributed by atoms with van der Waals surface area (Å²) in [5, 5.41) is 25.3. The molecule has 15 heteroatoms. The zero-order valence-corrected chi connectivity index (χ0v) is 20.1. The Kier molecular flexibility index (Phi) is 12.2. The molecule has 0 aromatic heterocycles. The monoisotopic (exact) mass is 526 g/mol. The molecule has 0 aliphatic heterocycles. The summed E-state index contributed by atoms with van der Waals surface area (Å²) in [6.45, 7) is 0. The molecule has 0 fully saturated rings. The van der Waals surface area contributed by atoms with Crippen LogP contribution in [0.15, 0.2) is 24.3 Å². The van der Waals surface area contributed by atoms with Crippen molar-refractivity contribution in [2.45, 2.75) is 49.9 Å². The number of carboxylic acid groups (broad SMARTS) is 1. The number of rotatable bonds is 15. The van der Waals surface area contributed by atoms with E-state index in [2.05, 4.69) is 28.6 Å². The Morgan fingerprint density at radius 2 is 1.36 bits per heavy atom. The van der Waals surface area contributed by atoms with E-state index >= 15 is 0 Å². The van der Waals surface area contributed by atoms with Crippen LogP contribution in [0.2, 0.25) is 0 Å². The van der Waals surface area contributed by atoms with Crippen LogP contribution in [0.25, 0.3) is 0 Å². The summed E-state index contributed by atoms with van der Waals surface area (Å²) in [5.41, 5.74) is 16.7. The molecule has 0 saturated heterocycles. The van der Waals surface area contributed by atoms with Gasteiger partial charge in [-0.25, -0.2) is 4.79 Å². The summed E-state index contributed by atoms with van der Waals surface area (Å²) in [6.07, 6.45) is -1.22. The lowest BCUT2D eigenvalue weighted by atomic mass is 10.1. The Hall–Kier alpha value is -3.85. The third-order valence-corrected chi connectivity index (χ3v) is 5.24. The van der Waals surface area contributed by atoms with E-state index in [9.17, 15) is 39.0 Å². The Morgan fingerprint density at radius 3 is 1.86 bits per heavy atom. The lowest BCUT2D eigenvalue weighted by molar-refractivity contribution is -0.144. The average Bonchev–Trinajstić information content (AvgIpc) is 2.80. The Bertz CT molecular complexity index is 974. The number of carbonyl (C=O) groups excluding carboxylic acids is 5. The molecule has 0 aliphatic carbocycles. The van der Waals surface area contributed by atoms with Gasteiger partial charge in [0.25, 0.3) is 0 Å². The molecule has 1 aromatic rings. The second-order valence-electron chi connectivity index (χ2n) is 7.86. The summed E-state index contributed by atoms with van der Waals surface area (Å²) in [7, 11) is 0. The number of aliphatic carboxylic acids is 1. The number of nitrogens with one attached hydrogen (secondary N) is 3. The van der Waals surface area contributed by atoms with E-state index in [1.54, 1.807) is 12.1 Å². The summed E-state index contributed by atoms with van der Waals surface area (Å²) >= 11 is 4.04. The topological polar surface area (TPSA) is 257 Å². The summed E-state index contributed by atoms with van der Waals surface area (Å²) < 4.78 is 0. The fourth-order valence-corrected chi connectivity index (χ4v) is 3.21. The molecule has 36 heavy (non-hydrogen) atoms. The molecule has 4 atom stereocenters. The number of carbonyl (C=O) groups is 6. The first-order chi connectivity index (χ1) is 16.8. The van der Waals surface area contributed by atoms with Gasteiger partial charge in [0, 0.05) is 12.2 Å². The van der Waals surface area contributed by atoms with Gasteiger partial charge in [0.05, 0.1) is 12.5 Å². The van der Waals surface area contributed by atoms with Crippen molar-refractivity contribution in [3.05, 3.63) is 29.8 Å². The molecular weight excluding hydrogens is 496 g/mol. The van der Waals surface area contributed by atoms with E-state index in [1.165, 1.54) is 12.1 Å². The minimum absolute atomic E-state index is 0.0443. The molecule has 1 rings (SSSR count). The van der Waals surface area contributed by atoms with Crippen LogP contribution in [-0.2, 0) is 35.2 Å². The molecule has 14 nitrogen and oxygen atoms in total. The summed E-state index contributed by atoms with van der Waals surface area (Å²) in [5.74, 6) is -6.01. The number of hydrogen-bond acceptors (Lipinski definition) is 9. The molecular formula is C21H30N6O8S. The molecule has 0 aliphatic rings. The maximum absolute atomic E-state index is 12.8. The van der Waals surface area contributed by atoms with Crippen LogP contribution < -0.4 is 33.2 Å². The zero-order chi connectivity index (χ0) is 27.4. The lowest BCUT2D eigenvalue weighted by Gasteiger charge is -2.24. The van der Waals surface area contributed by atoms with Crippen molar-refractivity contribution in [1.29, 1.82) is 0 Å². The van der Waals surface area contributed by atoms with Gasteiger partial charge in [0.15, 0.2) is 0 Å². The highest BCUT2D eigenvalue weighted by molar-refractivity contribution is 7.80. The van der Waals surface area contributed by atoms with Crippen LogP contribution in [0.5, 0.6) is 5.75 Å². The standard InChI is InChI=1S/C21H30N6O8S/c22-12(7-10-1-3-11(28)4-2-10)18(31)27-15(9-36)20(33)25-13(5-6-16(23)29)19(32)26-14(21(34)35)8-17(24)30/h1-4,12-15,28,36H,5-9,22H2,(H2,23,29)(H2,24,30)(H,25,33)(H,26,32)(H,27,31)(H,34,35). The van der Waals surface area contributed by atoms with Gasteiger partial charge < -0.3 is 43.4 Å². The molecule has 0 bridgehead atoms. The maximum Gasteiger partial charge on any atom is 0.326 e. The zero-order valence-electron chi connectivity index (χ0n) is 19.2. The third kappa shape index (κ3) is 10.6. The molecule has 0 heterocycles. The number of phenols is 1. The van der Waals surface area contributed by atoms with E-state index < -0.39 is 66.1 Å². The number of benzene rings is 1. The minimum atomic E-state index is -1.67. The quantitative estimate of drug-likeness (QED) is 0.105. The predicted molar refractivity (Wildman–Crippen MR) is 129 cm³/mol. The van der Waals surface area contributed by atoms with Crippen molar-refractivity contribution < 1.29 is 39.0 Å². The molecule has 0 radical (unpaired) electrons. The molecule has 0 saturated carbocycles. The first kappa shape index (κ1) is 30.2. The number of hydrogen-bond donors (Lipinski definition) is 9. The Morgan fingerprint density at radius 1 is 0.833 bits per heavy atom. The van der Waals surface area contributed by atoms with E-state index in [4.69, 9.17) is 17.2 Å². The SMILES string of the molecule is NC(=O)CCC(NC(=O)C(CS)NC(=O)C(N)Cc1ccc(O)cc1)C(=O)NC(CC(N)=O)C(=O)O. The van der Waals surface area contributed by atoms with Gasteiger partial charge in [0.2, 0.25) is 29.5 Å². The highest BCUT2D eigenvalue weighted by atomic mass is 32.1. The minimum Gasteiger partial charge on any atom is -0.508 e. The van der Waals surface area contributed by atoms with Gasteiger partial charge in [-0.05, 0) is 30.5 Å². The molecule has 1 aromatic carbocycles. The van der Waals surface area contributed by atoms with E-state index in [-0.39, 0.29) is 30.8 Å². The molecule has 198 valence electrons. The number of carboxylic acids is 1. The van der Waals surface area contributed by atoms with Crippen molar-refractivity contribution in [1.82, 2.24) is 16.0 Å². The van der Waals surface area contributed by atoms with Gasteiger partial charge in [-0.2, -0.15) is 12.6 Å². The van der Waals surface area contributed by atoms with Crippen LogP contribution in [-0.4, -0.2) is 75.6 Å². The van der Waals surface area contributed by atoms with Crippen LogP contribution in [0.4, 0.5) is 0 Å². The fraction of sp³-hybridized carbons (Fsp3) is 0.429. The average molecular weight is 527 g/mol. The second kappa shape index (κ2) is 14.5. The van der Waals surface area contributed by atoms with E-state index in [1.807, 2.05) is 0 Å². The van der Waals surface area contributed by atoms with Crippen molar-refractivity contribution in [3.8, 4) is 5.75 Å². The highest BCUT2D eigenvalue weighted by Crippen LogP contribution is 2.11. The molecule has 4 unspecified atom stereocenters. The number of amides is 5. The third-order valence-electron chi connectivity index (χ3n) is 4.88. The normalized spacial score (nSPS) is 13.9. The fourth-order valence-electron chi connectivity index (χ4n) is 2.95. The van der Waals surface area contributed by atoms with Gasteiger partial charge in [-0.3, -0.25) is 24.0 Å². The Labute approximate surface area is 211 Å². The van der Waals surface area contributed by atoms with Crippen molar-refractivity contribution in [2.24, 2.45) is 17.2 Å². The van der Waals surface area contributed by atoms with Gasteiger partial charge in [0.1, 0.15) is 23.9 Å². The maximum atomic E-state index is 12.8. The van der Waals surface area contributed by atoms with Crippen LogP contribution in [0.1, 0.15) is 24.8 Å². The van der Waals surface area contributed by atoms with E-state index in [0.717, 1.165) is 0 Å². The van der Waals surface area contributed by atoms with Crippen molar-refractivity contribution >= 4 is 48.1 Å². The number of primary amides is 2. The van der Waals surface area contributed by atoms with Crippen molar-refractivity contribution in [2.75, 3.05) is 5.75 Å². The molecule has 0 spiro atoms. The van der Waals surface area contributed by atoms with Gasteiger partial charge >= 0.3 is 5.97 Å². The second-order valence-corrected chi connectivity index (χ2v) is 8.22. The smallest absolute Gasteiger partial charge is 0.326 e. The van der Waals surface area contributed by atoms with Crippen molar-refractivity contribution in [3.63, 3.8) is 0 Å². The predicted octanol–water partition coefficient (Wildman–Crippen LogP) is -3.13. The van der Waals surface area contributed by atoms with E-state index in [0.29, 0.717) is 5.56 Å². The summed E-state index contributed by atoms with van der Waals surface area (Å²) in [4.78, 5) is 71.4. The molecule has 5 amide bonds. The number of aromatic hydroxyl groups is 1. The van der Waals surface area contributed by atoms with Gasteiger partial charge in [-0.15, -0.1) is 0 Å². The Balaban J connectivity index is 2.88. The van der Waals surface area contributed by atoms with Crippen LogP contribution >= 0.6 is 12.6 Å². The first-order valence-electron chi connectivity index (χ1n) is 10.7. The van der Waals surface area contributed by atoms with Gasteiger partial charge in [-0.1, -0.05) is 12.1 Å². The largest absolute Gasteiger partial charge is 0.508 e. The first-order valence-corrected chi connectivity index (χ1v) is 11.3. The number of nitrogens with two attached hydrogens (primary N) is 3. The number of phenolic OH excluding ortho intramolecular Hbond substituents is 1. The summed E-state index contributed by atoms with van der Waals surface area (Å²) in [6, 6.07) is 0.636. The molecule has 11 N–H and O–H groups in total. The van der Waals surface area contributed by atoms with Crippen LogP contribution in [0, 0.1) is 0 Å². The van der Waals surface area contributed by atoms with Crippen LogP contribution in [0.3, 0.4) is 0 Å². The highest BCUT2D eigenvalue weighted by Gasteiger charge is 2.30.